The molecule has 0 atom stereocenters. The molecule has 0 aromatic carbocycles. The Labute approximate surface area is 123 Å². The summed E-state index contributed by atoms with van der Waals surface area (Å²) >= 11 is 1.22. The summed E-state index contributed by atoms with van der Waals surface area (Å²) < 4.78 is 0. The molecule has 0 unspecified atom stereocenters. The zero-order valence-corrected chi connectivity index (χ0v) is 13.5. The minimum Gasteiger partial charge on any atom is -0.357 e. The van der Waals surface area contributed by atoms with Gasteiger partial charge in [0, 0.05) is 19.2 Å². The minimum atomic E-state index is -0.397. The third-order valence-corrected chi connectivity index (χ3v) is 3.98. The molecule has 0 aliphatic carbocycles. The van der Waals surface area contributed by atoms with Gasteiger partial charge in [-0.3, -0.25) is 14.9 Å². The molecule has 1 rings (SSSR count). The van der Waals surface area contributed by atoms with Gasteiger partial charge in [0.1, 0.15) is 0 Å². The van der Waals surface area contributed by atoms with Crippen LogP contribution in [0.3, 0.4) is 0 Å². The van der Waals surface area contributed by atoms with Crippen molar-refractivity contribution in [2.75, 3.05) is 18.0 Å². The molecule has 0 aliphatic rings. The third kappa shape index (κ3) is 4.30. The Balaban J connectivity index is 3.22. The van der Waals surface area contributed by atoms with Crippen LogP contribution in [0.2, 0.25) is 0 Å². The fourth-order valence-electron chi connectivity index (χ4n) is 2.02. The van der Waals surface area contributed by atoms with Crippen LogP contribution in [0.25, 0.3) is 0 Å². The number of carbonyl (C=O) groups excluding carboxylic acids is 1. The number of thiophene rings is 1. The van der Waals surface area contributed by atoms with E-state index in [-0.39, 0.29) is 11.5 Å². The highest BCUT2D eigenvalue weighted by atomic mass is 32.1. The number of anilines is 1. The van der Waals surface area contributed by atoms with Crippen LogP contribution in [0.15, 0.2) is 6.07 Å². The lowest BCUT2D eigenvalue weighted by molar-refractivity contribution is -0.383. The molecule has 5 nitrogen and oxygen atoms in total. The molecule has 6 heteroatoms. The molecule has 1 aromatic rings. The van der Waals surface area contributed by atoms with Gasteiger partial charge in [-0.05, 0) is 18.8 Å². The van der Waals surface area contributed by atoms with Gasteiger partial charge in [-0.2, -0.15) is 0 Å². The Kier molecular flexibility index (Phi) is 5.68. The van der Waals surface area contributed by atoms with Crippen molar-refractivity contribution >= 4 is 27.8 Å². The second kappa shape index (κ2) is 6.83. The summed E-state index contributed by atoms with van der Waals surface area (Å²) in [5.74, 6) is 0.672. The van der Waals surface area contributed by atoms with E-state index < -0.39 is 4.92 Å². The van der Waals surface area contributed by atoms with Crippen LogP contribution < -0.4 is 4.90 Å². The molecule has 20 heavy (non-hydrogen) atoms. The molecule has 0 saturated carbocycles. The standard InChI is InChI=1S/C14H22N2O3S/c1-9(2)7-15(8-10(3)4)14-12(16(18)19)6-13(20-14)11(5)17/h6,9-10H,7-8H2,1-5H3. The molecule has 1 aromatic heterocycles. The molecular formula is C14H22N2O3S. The number of rotatable bonds is 7. The SMILES string of the molecule is CC(=O)c1cc([N+](=O)[O-])c(N(CC(C)C)CC(C)C)s1. The number of hydrogen-bond donors (Lipinski definition) is 0. The van der Waals surface area contributed by atoms with Gasteiger partial charge >= 0.3 is 5.69 Å². The normalized spacial score (nSPS) is 11.2. The second-order valence-electron chi connectivity index (χ2n) is 5.81. The van der Waals surface area contributed by atoms with Gasteiger partial charge in [-0.1, -0.05) is 27.7 Å². The van der Waals surface area contributed by atoms with Crippen LogP contribution in [0.5, 0.6) is 0 Å². The van der Waals surface area contributed by atoms with E-state index in [9.17, 15) is 14.9 Å². The first kappa shape index (κ1) is 16.6. The summed E-state index contributed by atoms with van der Waals surface area (Å²) in [5.41, 5.74) is 0.0431. The molecule has 0 bridgehead atoms. The molecular weight excluding hydrogens is 276 g/mol. The fourth-order valence-corrected chi connectivity index (χ4v) is 3.06. The highest BCUT2D eigenvalue weighted by Crippen LogP contribution is 2.38. The van der Waals surface area contributed by atoms with Crippen LogP contribution >= 0.6 is 11.3 Å². The topological polar surface area (TPSA) is 63.4 Å². The Hall–Kier alpha value is -1.43. The van der Waals surface area contributed by atoms with Gasteiger partial charge in [-0.15, -0.1) is 11.3 Å². The molecule has 0 spiro atoms. The van der Waals surface area contributed by atoms with E-state index in [2.05, 4.69) is 27.7 Å². The number of hydrogen-bond acceptors (Lipinski definition) is 5. The van der Waals surface area contributed by atoms with Gasteiger partial charge in [0.15, 0.2) is 10.8 Å². The van der Waals surface area contributed by atoms with Crippen molar-refractivity contribution < 1.29 is 9.72 Å². The monoisotopic (exact) mass is 298 g/mol. The summed E-state index contributed by atoms with van der Waals surface area (Å²) in [6, 6.07) is 1.40. The minimum absolute atomic E-state index is 0.0431. The van der Waals surface area contributed by atoms with Crippen molar-refractivity contribution in [2.45, 2.75) is 34.6 Å². The van der Waals surface area contributed by atoms with Gasteiger partial charge < -0.3 is 4.90 Å². The molecule has 0 aliphatic heterocycles. The summed E-state index contributed by atoms with van der Waals surface area (Å²) in [4.78, 5) is 24.8. The molecule has 0 amide bonds. The van der Waals surface area contributed by atoms with Gasteiger partial charge in [0.25, 0.3) is 0 Å². The molecule has 0 radical (unpaired) electrons. The summed E-state index contributed by atoms with van der Waals surface area (Å²) in [6.45, 7) is 11.3. The van der Waals surface area contributed by atoms with Crippen LogP contribution in [0, 0.1) is 22.0 Å². The molecule has 0 N–H and O–H groups in total. The summed E-state index contributed by atoms with van der Waals surface area (Å²) in [7, 11) is 0. The number of ketones is 1. The average Bonchev–Trinajstić information content (AvgIpc) is 2.71. The lowest BCUT2D eigenvalue weighted by atomic mass is 10.1. The first-order valence-electron chi connectivity index (χ1n) is 6.76. The van der Waals surface area contributed by atoms with Crippen molar-refractivity contribution in [1.82, 2.24) is 0 Å². The van der Waals surface area contributed by atoms with Gasteiger partial charge in [0.05, 0.1) is 9.80 Å². The van der Waals surface area contributed by atoms with E-state index in [0.717, 1.165) is 13.1 Å². The van der Waals surface area contributed by atoms with Crippen LogP contribution in [0.1, 0.15) is 44.3 Å². The predicted molar refractivity (Wildman–Crippen MR) is 82.9 cm³/mol. The van der Waals surface area contributed by atoms with Crippen molar-refractivity contribution in [1.29, 1.82) is 0 Å². The fraction of sp³-hybridized carbons (Fsp3) is 0.643. The number of carbonyl (C=O) groups is 1. The lowest BCUT2D eigenvalue weighted by Gasteiger charge is -2.26. The zero-order chi connectivity index (χ0) is 15.4. The van der Waals surface area contributed by atoms with E-state index in [1.807, 2.05) is 4.90 Å². The molecule has 112 valence electrons. The van der Waals surface area contributed by atoms with Crippen molar-refractivity contribution in [2.24, 2.45) is 11.8 Å². The van der Waals surface area contributed by atoms with Gasteiger partial charge in [0.2, 0.25) is 0 Å². The largest absolute Gasteiger partial charge is 0.357 e. The van der Waals surface area contributed by atoms with Crippen LogP contribution in [-0.2, 0) is 0 Å². The van der Waals surface area contributed by atoms with Crippen LogP contribution in [0.4, 0.5) is 10.7 Å². The second-order valence-corrected chi connectivity index (χ2v) is 6.84. The quantitative estimate of drug-likeness (QED) is 0.434. The number of nitrogens with zero attached hydrogens (tertiary/aromatic N) is 2. The Bertz CT molecular complexity index is 485. The average molecular weight is 298 g/mol. The Morgan fingerprint density at radius 3 is 2.15 bits per heavy atom. The molecule has 0 fully saturated rings. The smallest absolute Gasteiger partial charge is 0.304 e. The summed E-state index contributed by atoms with van der Waals surface area (Å²) in [5, 5.41) is 11.8. The number of Topliss-reactive ketones (excluding diaryl/α,β-unsaturated/α-hetero) is 1. The molecule has 1 heterocycles. The Morgan fingerprint density at radius 1 is 1.30 bits per heavy atom. The van der Waals surface area contributed by atoms with Crippen molar-refractivity contribution in [3.63, 3.8) is 0 Å². The van der Waals surface area contributed by atoms with E-state index in [1.54, 1.807) is 0 Å². The summed E-state index contributed by atoms with van der Waals surface area (Å²) in [6.07, 6.45) is 0. The van der Waals surface area contributed by atoms with E-state index in [0.29, 0.717) is 21.7 Å². The van der Waals surface area contributed by atoms with E-state index >= 15 is 0 Å². The lowest BCUT2D eigenvalue weighted by Crippen LogP contribution is -2.31. The zero-order valence-electron chi connectivity index (χ0n) is 12.7. The maximum atomic E-state index is 11.5. The first-order valence-corrected chi connectivity index (χ1v) is 7.58. The highest BCUT2D eigenvalue weighted by molar-refractivity contribution is 7.18. The van der Waals surface area contributed by atoms with Crippen molar-refractivity contribution in [3.8, 4) is 0 Å². The number of nitro groups is 1. The predicted octanol–water partition coefficient (Wildman–Crippen LogP) is 3.98. The van der Waals surface area contributed by atoms with Gasteiger partial charge in [-0.25, -0.2) is 0 Å². The maximum absolute atomic E-state index is 11.5. The van der Waals surface area contributed by atoms with Crippen LogP contribution in [-0.4, -0.2) is 23.8 Å². The van der Waals surface area contributed by atoms with Crippen molar-refractivity contribution in [3.05, 3.63) is 21.1 Å². The molecule has 0 saturated heterocycles. The maximum Gasteiger partial charge on any atom is 0.304 e. The first-order chi connectivity index (χ1) is 9.22. The Morgan fingerprint density at radius 2 is 1.80 bits per heavy atom. The highest BCUT2D eigenvalue weighted by Gasteiger charge is 2.26. The van der Waals surface area contributed by atoms with E-state index in [4.69, 9.17) is 0 Å². The van der Waals surface area contributed by atoms with E-state index in [1.165, 1.54) is 24.3 Å². The third-order valence-electron chi connectivity index (χ3n) is 2.70.